The SMILES string of the molecule is CC(C)(C)N(c1ccccc1)c1ccc2c(c1)c1ccccc1n2-c1ccc(-n2c3ccccc3c3ccccc32)cc1. The minimum absolute atomic E-state index is 0.0873. The molecule has 0 unspecified atom stereocenters. The molecule has 0 saturated carbocycles. The van der Waals surface area contributed by atoms with Crippen LogP contribution in [0.25, 0.3) is 55.0 Å². The number of hydrogen-bond acceptors (Lipinski definition) is 1. The Balaban J connectivity index is 1.29. The van der Waals surface area contributed by atoms with Crippen molar-refractivity contribution in [3.8, 4) is 11.4 Å². The summed E-state index contributed by atoms with van der Waals surface area (Å²) in [6, 6.07) is 52.7. The van der Waals surface area contributed by atoms with Crippen molar-refractivity contribution in [2.24, 2.45) is 0 Å². The first kappa shape index (κ1) is 25.4. The molecule has 2 aromatic heterocycles. The van der Waals surface area contributed by atoms with Crippen LogP contribution >= 0.6 is 0 Å². The van der Waals surface area contributed by atoms with Crippen LogP contribution in [-0.2, 0) is 0 Å². The summed E-state index contributed by atoms with van der Waals surface area (Å²) in [7, 11) is 0. The third-order valence-electron chi connectivity index (χ3n) is 8.55. The Bertz CT molecular complexity index is 2210. The van der Waals surface area contributed by atoms with Crippen LogP contribution in [0.15, 0.2) is 146 Å². The van der Waals surface area contributed by atoms with E-state index in [2.05, 4.69) is 180 Å². The Hall–Kier alpha value is -5.28. The predicted octanol–water partition coefficient (Wildman–Crippen LogP) is 10.8. The molecule has 208 valence electrons. The summed E-state index contributed by atoms with van der Waals surface area (Å²) in [6.45, 7) is 6.81. The van der Waals surface area contributed by atoms with Gasteiger partial charge in [-0.3, -0.25) is 0 Å². The van der Waals surface area contributed by atoms with Gasteiger partial charge in [0.1, 0.15) is 0 Å². The molecule has 0 bridgehead atoms. The van der Waals surface area contributed by atoms with E-state index in [4.69, 9.17) is 0 Å². The van der Waals surface area contributed by atoms with E-state index in [-0.39, 0.29) is 5.54 Å². The van der Waals surface area contributed by atoms with Crippen LogP contribution < -0.4 is 4.90 Å². The fraction of sp³-hybridized carbons (Fsp3) is 0.100. The van der Waals surface area contributed by atoms with E-state index in [0.717, 1.165) is 11.4 Å². The fourth-order valence-electron chi connectivity index (χ4n) is 6.83. The third kappa shape index (κ3) is 4.04. The lowest BCUT2D eigenvalue weighted by Crippen LogP contribution is -2.37. The van der Waals surface area contributed by atoms with Crippen LogP contribution in [-0.4, -0.2) is 14.7 Å². The van der Waals surface area contributed by atoms with Gasteiger partial charge in [0.25, 0.3) is 0 Å². The maximum absolute atomic E-state index is 2.43. The molecular weight excluding hydrogens is 522 g/mol. The average Bonchev–Trinajstić information content (AvgIpc) is 3.54. The van der Waals surface area contributed by atoms with Crippen LogP contribution in [0.1, 0.15) is 20.8 Å². The molecule has 8 rings (SSSR count). The fourth-order valence-corrected chi connectivity index (χ4v) is 6.83. The van der Waals surface area contributed by atoms with Crippen LogP contribution in [0.5, 0.6) is 0 Å². The van der Waals surface area contributed by atoms with Gasteiger partial charge in [-0.25, -0.2) is 0 Å². The normalized spacial score (nSPS) is 12.1. The van der Waals surface area contributed by atoms with Crippen molar-refractivity contribution in [2.75, 3.05) is 4.90 Å². The molecule has 0 saturated heterocycles. The van der Waals surface area contributed by atoms with Gasteiger partial charge in [0.2, 0.25) is 0 Å². The first-order valence-electron chi connectivity index (χ1n) is 15.0. The molecule has 0 aliphatic rings. The van der Waals surface area contributed by atoms with Crippen molar-refractivity contribution < 1.29 is 0 Å². The summed E-state index contributed by atoms with van der Waals surface area (Å²) in [5.74, 6) is 0. The Morgan fingerprint density at radius 2 is 0.814 bits per heavy atom. The molecule has 43 heavy (non-hydrogen) atoms. The monoisotopic (exact) mass is 555 g/mol. The number of benzene rings is 6. The molecule has 2 heterocycles. The topological polar surface area (TPSA) is 13.1 Å². The van der Waals surface area contributed by atoms with Crippen molar-refractivity contribution in [1.29, 1.82) is 0 Å². The highest BCUT2D eigenvalue weighted by Gasteiger charge is 2.24. The van der Waals surface area contributed by atoms with Gasteiger partial charge in [0.05, 0.1) is 22.1 Å². The van der Waals surface area contributed by atoms with E-state index in [0.29, 0.717) is 0 Å². The first-order valence-corrected chi connectivity index (χ1v) is 15.0. The van der Waals surface area contributed by atoms with Crippen molar-refractivity contribution in [3.63, 3.8) is 0 Å². The number of fused-ring (bicyclic) bond motifs is 6. The number of rotatable bonds is 4. The van der Waals surface area contributed by atoms with Gasteiger partial charge in [-0.05, 0) is 93.6 Å². The smallest absolute Gasteiger partial charge is 0.0542 e. The number of nitrogens with zero attached hydrogens (tertiary/aromatic N) is 3. The van der Waals surface area contributed by atoms with Crippen molar-refractivity contribution in [3.05, 3.63) is 146 Å². The van der Waals surface area contributed by atoms with E-state index < -0.39 is 0 Å². The average molecular weight is 556 g/mol. The summed E-state index contributed by atoms with van der Waals surface area (Å²) in [4.78, 5) is 2.43. The minimum Gasteiger partial charge on any atom is -0.336 e. The van der Waals surface area contributed by atoms with Gasteiger partial charge in [0.15, 0.2) is 0 Å². The Labute approximate surface area is 251 Å². The van der Waals surface area contributed by atoms with E-state index in [9.17, 15) is 0 Å². The van der Waals surface area contributed by atoms with E-state index in [1.165, 1.54) is 55.0 Å². The predicted molar refractivity (Wildman–Crippen MR) is 183 cm³/mol. The van der Waals surface area contributed by atoms with E-state index in [1.54, 1.807) is 0 Å². The second-order valence-corrected chi connectivity index (χ2v) is 12.3. The highest BCUT2D eigenvalue weighted by atomic mass is 15.2. The summed E-state index contributed by atoms with van der Waals surface area (Å²) < 4.78 is 4.77. The zero-order chi connectivity index (χ0) is 29.1. The Morgan fingerprint density at radius 3 is 1.30 bits per heavy atom. The summed E-state index contributed by atoms with van der Waals surface area (Å²) >= 11 is 0. The molecule has 0 radical (unpaired) electrons. The molecule has 0 spiro atoms. The molecule has 0 aliphatic carbocycles. The number of aromatic nitrogens is 2. The van der Waals surface area contributed by atoms with Crippen LogP contribution in [0.2, 0.25) is 0 Å². The van der Waals surface area contributed by atoms with E-state index >= 15 is 0 Å². The number of para-hydroxylation sites is 4. The summed E-state index contributed by atoms with van der Waals surface area (Å²) in [5, 5.41) is 5.07. The number of anilines is 2. The highest BCUT2D eigenvalue weighted by molar-refractivity contribution is 6.11. The summed E-state index contributed by atoms with van der Waals surface area (Å²) in [5.41, 5.74) is 9.47. The molecule has 0 amide bonds. The van der Waals surface area contributed by atoms with Gasteiger partial charge in [-0.1, -0.05) is 72.8 Å². The minimum atomic E-state index is -0.0873. The second kappa shape index (κ2) is 9.64. The lowest BCUT2D eigenvalue weighted by atomic mass is 10.0. The quantitative estimate of drug-likeness (QED) is 0.210. The zero-order valence-corrected chi connectivity index (χ0v) is 24.7. The maximum atomic E-state index is 2.43. The molecule has 0 fully saturated rings. The van der Waals surface area contributed by atoms with Crippen molar-refractivity contribution in [2.45, 2.75) is 26.3 Å². The highest BCUT2D eigenvalue weighted by Crippen LogP contribution is 2.39. The second-order valence-electron chi connectivity index (χ2n) is 12.3. The molecule has 0 atom stereocenters. The molecule has 0 N–H and O–H groups in total. The van der Waals surface area contributed by atoms with Crippen LogP contribution in [0.4, 0.5) is 11.4 Å². The van der Waals surface area contributed by atoms with Gasteiger partial charge in [-0.2, -0.15) is 0 Å². The molecular formula is C40H33N3. The van der Waals surface area contributed by atoms with Crippen LogP contribution in [0.3, 0.4) is 0 Å². The van der Waals surface area contributed by atoms with Gasteiger partial charge in [-0.15, -0.1) is 0 Å². The van der Waals surface area contributed by atoms with Gasteiger partial charge < -0.3 is 14.0 Å². The largest absolute Gasteiger partial charge is 0.336 e. The Morgan fingerprint density at radius 1 is 0.395 bits per heavy atom. The first-order chi connectivity index (χ1) is 21.0. The lowest BCUT2D eigenvalue weighted by molar-refractivity contribution is 0.560. The molecule has 3 heteroatoms. The molecule has 3 nitrogen and oxygen atoms in total. The van der Waals surface area contributed by atoms with Crippen molar-refractivity contribution in [1.82, 2.24) is 9.13 Å². The Kier molecular flexibility index (Phi) is 5.70. The van der Waals surface area contributed by atoms with E-state index in [1.807, 2.05) is 0 Å². The standard InChI is InChI=1S/C40H33N3/c1-40(2,3)43(30-13-5-4-6-14-30)31-25-26-39-35(27-31)34-17-9-12-20-38(34)42(39)29-23-21-28(22-24-29)41-36-18-10-7-15-32(36)33-16-8-11-19-37(33)41/h4-27H,1-3H3. The maximum Gasteiger partial charge on any atom is 0.0542 e. The molecule has 8 aromatic rings. The molecule has 6 aromatic carbocycles. The molecule has 0 aliphatic heterocycles. The van der Waals surface area contributed by atoms with Crippen molar-refractivity contribution >= 4 is 55.0 Å². The zero-order valence-electron chi connectivity index (χ0n) is 24.7. The summed E-state index contributed by atoms with van der Waals surface area (Å²) in [6.07, 6.45) is 0. The van der Waals surface area contributed by atoms with Gasteiger partial charge in [0, 0.05) is 49.8 Å². The van der Waals surface area contributed by atoms with Crippen LogP contribution in [0, 0.1) is 0 Å². The van der Waals surface area contributed by atoms with Gasteiger partial charge >= 0.3 is 0 Å². The lowest BCUT2D eigenvalue weighted by Gasteiger charge is -2.38. The third-order valence-corrected chi connectivity index (χ3v) is 8.55. The number of hydrogen-bond donors (Lipinski definition) is 0.